The van der Waals surface area contributed by atoms with Crippen LogP contribution in [-0.4, -0.2) is 7.05 Å². The Hall–Kier alpha value is -2.03. The Labute approximate surface area is 107 Å². The Bertz CT molecular complexity index is 552. The standard InChI is InChI=1S/C15H17FN2/c1-11-5-3-4-6-15(11)18(2)10-12-7-8-14(17)13(16)9-12/h3-9H,10,17H2,1-2H3. The Balaban J connectivity index is 2.19. The van der Waals surface area contributed by atoms with Crippen LogP contribution in [0.3, 0.4) is 0 Å². The summed E-state index contributed by atoms with van der Waals surface area (Å²) in [6.07, 6.45) is 0. The molecule has 0 amide bonds. The number of hydrogen-bond acceptors (Lipinski definition) is 2. The molecule has 0 aliphatic carbocycles. The number of nitrogen functional groups attached to an aromatic ring is 1. The van der Waals surface area contributed by atoms with Crippen molar-refractivity contribution in [2.24, 2.45) is 0 Å². The lowest BCUT2D eigenvalue weighted by Gasteiger charge is -2.21. The van der Waals surface area contributed by atoms with E-state index in [1.54, 1.807) is 6.07 Å². The molecule has 0 fully saturated rings. The quantitative estimate of drug-likeness (QED) is 0.839. The zero-order chi connectivity index (χ0) is 13.1. The minimum Gasteiger partial charge on any atom is -0.396 e. The van der Waals surface area contributed by atoms with Gasteiger partial charge in [0, 0.05) is 19.3 Å². The van der Waals surface area contributed by atoms with Gasteiger partial charge in [0.1, 0.15) is 5.82 Å². The van der Waals surface area contributed by atoms with E-state index in [0.29, 0.717) is 6.54 Å². The molecule has 2 N–H and O–H groups in total. The van der Waals surface area contributed by atoms with Gasteiger partial charge >= 0.3 is 0 Å². The van der Waals surface area contributed by atoms with E-state index in [1.165, 1.54) is 11.6 Å². The van der Waals surface area contributed by atoms with Crippen LogP contribution in [-0.2, 0) is 6.54 Å². The minimum atomic E-state index is -0.356. The van der Waals surface area contributed by atoms with Crippen molar-refractivity contribution in [1.29, 1.82) is 0 Å². The fourth-order valence-corrected chi connectivity index (χ4v) is 2.02. The van der Waals surface area contributed by atoms with Gasteiger partial charge in [0.05, 0.1) is 5.69 Å². The Morgan fingerprint density at radius 2 is 1.89 bits per heavy atom. The third-order valence-electron chi connectivity index (χ3n) is 3.01. The molecule has 0 unspecified atom stereocenters. The molecule has 0 aliphatic heterocycles. The molecule has 2 nitrogen and oxygen atoms in total. The largest absolute Gasteiger partial charge is 0.396 e. The molecule has 2 aromatic rings. The summed E-state index contributed by atoms with van der Waals surface area (Å²) in [5.41, 5.74) is 8.92. The van der Waals surface area contributed by atoms with Crippen molar-refractivity contribution in [2.75, 3.05) is 17.7 Å². The summed E-state index contributed by atoms with van der Waals surface area (Å²) in [6, 6.07) is 13.1. The van der Waals surface area contributed by atoms with Crippen molar-refractivity contribution < 1.29 is 4.39 Å². The smallest absolute Gasteiger partial charge is 0.146 e. The number of benzene rings is 2. The molecule has 0 aromatic heterocycles. The van der Waals surface area contributed by atoms with Crippen LogP contribution in [0.1, 0.15) is 11.1 Å². The summed E-state index contributed by atoms with van der Waals surface area (Å²) >= 11 is 0. The highest BCUT2D eigenvalue weighted by molar-refractivity contribution is 5.53. The summed E-state index contributed by atoms with van der Waals surface area (Å²) in [7, 11) is 2.00. The molecular weight excluding hydrogens is 227 g/mol. The summed E-state index contributed by atoms with van der Waals surface area (Å²) in [5, 5.41) is 0. The lowest BCUT2D eigenvalue weighted by atomic mass is 10.1. The third-order valence-corrected chi connectivity index (χ3v) is 3.01. The summed E-state index contributed by atoms with van der Waals surface area (Å²) in [5.74, 6) is -0.356. The van der Waals surface area contributed by atoms with Gasteiger partial charge in [-0.1, -0.05) is 24.3 Å². The Morgan fingerprint density at radius 1 is 1.17 bits per heavy atom. The van der Waals surface area contributed by atoms with E-state index in [2.05, 4.69) is 24.0 Å². The van der Waals surface area contributed by atoms with E-state index in [-0.39, 0.29) is 11.5 Å². The van der Waals surface area contributed by atoms with Gasteiger partial charge in [-0.15, -0.1) is 0 Å². The van der Waals surface area contributed by atoms with Crippen LogP contribution >= 0.6 is 0 Å². The van der Waals surface area contributed by atoms with E-state index >= 15 is 0 Å². The first kappa shape index (κ1) is 12.4. The molecule has 0 heterocycles. The molecule has 94 valence electrons. The number of halogens is 1. The number of rotatable bonds is 3. The van der Waals surface area contributed by atoms with Crippen LogP contribution in [0.25, 0.3) is 0 Å². The van der Waals surface area contributed by atoms with Gasteiger partial charge in [0.2, 0.25) is 0 Å². The second-order valence-electron chi connectivity index (χ2n) is 4.50. The van der Waals surface area contributed by atoms with Crippen LogP contribution in [0.5, 0.6) is 0 Å². The van der Waals surface area contributed by atoms with Crippen molar-refractivity contribution in [3.8, 4) is 0 Å². The van der Waals surface area contributed by atoms with Crippen LogP contribution in [0.2, 0.25) is 0 Å². The topological polar surface area (TPSA) is 29.3 Å². The second-order valence-corrected chi connectivity index (χ2v) is 4.50. The molecule has 0 atom stereocenters. The summed E-state index contributed by atoms with van der Waals surface area (Å²) in [4.78, 5) is 2.10. The molecule has 0 saturated heterocycles. The van der Waals surface area contributed by atoms with Gasteiger partial charge in [-0.25, -0.2) is 4.39 Å². The molecule has 0 bridgehead atoms. The predicted octanol–water partition coefficient (Wildman–Crippen LogP) is 3.35. The lowest BCUT2D eigenvalue weighted by molar-refractivity contribution is 0.630. The molecule has 2 rings (SSSR count). The first-order valence-corrected chi connectivity index (χ1v) is 5.88. The summed E-state index contributed by atoms with van der Waals surface area (Å²) in [6.45, 7) is 2.72. The zero-order valence-corrected chi connectivity index (χ0v) is 10.7. The monoisotopic (exact) mass is 244 g/mol. The molecule has 0 saturated carbocycles. The zero-order valence-electron chi connectivity index (χ0n) is 10.7. The maximum absolute atomic E-state index is 13.4. The van der Waals surface area contributed by atoms with Crippen molar-refractivity contribution in [3.05, 3.63) is 59.4 Å². The Kier molecular flexibility index (Phi) is 3.51. The first-order valence-electron chi connectivity index (χ1n) is 5.88. The maximum Gasteiger partial charge on any atom is 0.146 e. The van der Waals surface area contributed by atoms with Crippen molar-refractivity contribution >= 4 is 11.4 Å². The van der Waals surface area contributed by atoms with E-state index in [1.807, 2.05) is 25.2 Å². The SMILES string of the molecule is Cc1ccccc1N(C)Cc1ccc(N)c(F)c1. The summed E-state index contributed by atoms with van der Waals surface area (Å²) < 4.78 is 13.4. The predicted molar refractivity (Wildman–Crippen MR) is 74.1 cm³/mol. The molecule has 0 radical (unpaired) electrons. The van der Waals surface area contributed by atoms with Crippen molar-refractivity contribution in [3.63, 3.8) is 0 Å². The lowest BCUT2D eigenvalue weighted by Crippen LogP contribution is -2.17. The highest BCUT2D eigenvalue weighted by atomic mass is 19.1. The van der Waals surface area contributed by atoms with E-state index < -0.39 is 0 Å². The van der Waals surface area contributed by atoms with Gasteiger partial charge in [0.25, 0.3) is 0 Å². The maximum atomic E-state index is 13.4. The first-order chi connectivity index (χ1) is 8.58. The van der Waals surface area contributed by atoms with Crippen LogP contribution < -0.4 is 10.6 Å². The van der Waals surface area contributed by atoms with Crippen LogP contribution in [0, 0.1) is 12.7 Å². The fraction of sp³-hybridized carbons (Fsp3) is 0.200. The number of anilines is 2. The van der Waals surface area contributed by atoms with E-state index in [9.17, 15) is 4.39 Å². The van der Waals surface area contributed by atoms with E-state index in [0.717, 1.165) is 11.3 Å². The highest BCUT2D eigenvalue weighted by Crippen LogP contribution is 2.21. The average molecular weight is 244 g/mol. The molecule has 2 aromatic carbocycles. The molecule has 18 heavy (non-hydrogen) atoms. The Morgan fingerprint density at radius 3 is 2.56 bits per heavy atom. The van der Waals surface area contributed by atoms with Crippen molar-refractivity contribution in [2.45, 2.75) is 13.5 Å². The molecule has 0 spiro atoms. The van der Waals surface area contributed by atoms with Crippen LogP contribution in [0.4, 0.5) is 15.8 Å². The average Bonchev–Trinajstić information content (AvgIpc) is 2.34. The molecule has 0 aliphatic rings. The number of hydrogen-bond donors (Lipinski definition) is 1. The number of nitrogens with zero attached hydrogens (tertiary/aromatic N) is 1. The highest BCUT2D eigenvalue weighted by Gasteiger charge is 2.06. The third kappa shape index (κ3) is 2.62. The molecular formula is C15H17FN2. The number of para-hydroxylation sites is 1. The van der Waals surface area contributed by atoms with Gasteiger partial charge in [-0.05, 0) is 36.2 Å². The molecule has 3 heteroatoms. The number of nitrogens with two attached hydrogens (primary N) is 1. The van der Waals surface area contributed by atoms with Crippen LogP contribution in [0.15, 0.2) is 42.5 Å². The van der Waals surface area contributed by atoms with Gasteiger partial charge in [-0.3, -0.25) is 0 Å². The fourth-order valence-electron chi connectivity index (χ4n) is 2.02. The van der Waals surface area contributed by atoms with Gasteiger partial charge in [0.15, 0.2) is 0 Å². The normalized spacial score (nSPS) is 10.4. The van der Waals surface area contributed by atoms with Gasteiger partial charge in [-0.2, -0.15) is 0 Å². The van der Waals surface area contributed by atoms with Crippen molar-refractivity contribution in [1.82, 2.24) is 0 Å². The second kappa shape index (κ2) is 5.08. The van der Waals surface area contributed by atoms with Gasteiger partial charge < -0.3 is 10.6 Å². The number of aryl methyl sites for hydroxylation is 1. The van der Waals surface area contributed by atoms with E-state index in [4.69, 9.17) is 5.73 Å². The minimum absolute atomic E-state index is 0.192.